The number of nitrogens with zero attached hydrogens (tertiary/aromatic N) is 2. The summed E-state index contributed by atoms with van der Waals surface area (Å²) in [7, 11) is 0. The lowest BCUT2D eigenvalue weighted by Gasteiger charge is -2.27. The van der Waals surface area contributed by atoms with Crippen LogP contribution in [-0.2, 0) is 0 Å². The summed E-state index contributed by atoms with van der Waals surface area (Å²) in [6, 6.07) is 80.9. The molecule has 0 heterocycles. The third kappa shape index (κ3) is 7.99. The molecular weight excluding hydrogens is 925 g/mol. The number of ether oxygens (including phenoxy) is 2. The molecule has 13 rings (SSSR count). The molecule has 4 nitrogen and oxygen atoms in total. The molecule has 0 aliphatic rings. The summed E-state index contributed by atoms with van der Waals surface area (Å²) in [5, 5.41) is 15.1. The Hall–Kier alpha value is -8.86. The van der Waals surface area contributed by atoms with E-state index in [-0.39, 0.29) is 0 Å². The van der Waals surface area contributed by atoms with Crippen LogP contribution in [-0.4, -0.2) is 13.2 Å². The highest BCUT2D eigenvalue weighted by atomic mass is 16.5. The van der Waals surface area contributed by atoms with Gasteiger partial charge in [-0.05, 0) is 188 Å². The Morgan fingerprint density at radius 1 is 0.303 bits per heavy atom. The van der Waals surface area contributed by atoms with Crippen LogP contribution >= 0.6 is 0 Å². The zero-order valence-corrected chi connectivity index (χ0v) is 43.7. The average Bonchev–Trinajstić information content (AvgIpc) is 4.19. The lowest BCUT2D eigenvalue weighted by atomic mass is 9.87. The van der Waals surface area contributed by atoms with E-state index in [0.29, 0.717) is 13.2 Å². The molecule has 0 saturated heterocycles. The van der Waals surface area contributed by atoms with Crippen LogP contribution in [0.2, 0.25) is 0 Å². The van der Waals surface area contributed by atoms with E-state index in [2.05, 4.69) is 256 Å². The quantitative estimate of drug-likeness (QED) is 0.0901. The molecule has 0 atom stereocenters. The standard InChI is InChI=1S/C72H60N2O2/c1-5-7-45-75-55-37-33-53(34-38-55)73(51-29-25-47(3)26-30-51)63-43-41-61-67-57(63)21-15-23-59(67)69-65(49-17-11-9-12-18-49)70-60-24-16-22-58-64(44-42-62(68(58)60)72(70)66(71(61)69)50-19-13-10-14-20-50)74(52-31-27-48(4)28-32-52)54-35-39-56(40-36-54)76-46-8-6-2/h9-44H,5-8,45-46H2,1-4H3. The topological polar surface area (TPSA) is 24.9 Å². The van der Waals surface area contributed by atoms with Crippen LogP contribution in [0.3, 0.4) is 0 Å². The van der Waals surface area contributed by atoms with E-state index < -0.39 is 0 Å². The highest BCUT2D eigenvalue weighted by Gasteiger charge is 2.30. The minimum absolute atomic E-state index is 0.714. The fourth-order valence-electron chi connectivity index (χ4n) is 11.9. The minimum atomic E-state index is 0.714. The molecule has 370 valence electrons. The number of unbranched alkanes of at least 4 members (excludes halogenated alkanes) is 2. The van der Waals surface area contributed by atoms with Gasteiger partial charge in [-0.1, -0.05) is 171 Å². The van der Waals surface area contributed by atoms with Gasteiger partial charge in [0, 0.05) is 33.5 Å². The molecule has 0 spiro atoms. The SMILES string of the molecule is CCCCOc1ccc(N(c2ccc(C)cc2)c2ccc3c4c(-c5ccccc5)c5c6ccc(N(c7ccc(C)cc7)c7ccc(OCCCC)cc7)c7cccc(c5c(-c5ccccc5)c4c4cccc2c43)c76)cc1. The first-order valence-corrected chi connectivity index (χ1v) is 27.2. The van der Waals surface area contributed by atoms with Crippen molar-refractivity contribution in [1.29, 1.82) is 0 Å². The Balaban J connectivity index is 1.11. The largest absolute Gasteiger partial charge is 0.494 e. The summed E-state index contributed by atoms with van der Waals surface area (Å²) >= 11 is 0. The van der Waals surface area contributed by atoms with E-state index in [1.165, 1.54) is 98.0 Å². The number of hydrogen-bond acceptors (Lipinski definition) is 4. The fraction of sp³-hybridized carbons (Fsp3) is 0.139. The van der Waals surface area contributed by atoms with Gasteiger partial charge >= 0.3 is 0 Å². The molecule has 76 heavy (non-hydrogen) atoms. The lowest BCUT2D eigenvalue weighted by Crippen LogP contribution is -2.10. The summed E-state index contributed by atoms with van der Waals surface area (Å²) in [4.78, 5) is 4.84. The minimum Gasteiger partial charge on any atom is -0.494 e. The van der Waals surface area contributed by atoms with Gasteiger partial charge in [0.2, 0.25) is 0 Å². The summed E-state index contributed by atoms with van der Waals surface area (Å²) in [6.07, 6.45) is 4.26. The predicted octanol–water partition coefficient (Wildman–Crippen LogP) is 20.7. The first-order chi connectivity index (χ1) is 37.5. The molecule has 13 aromatic rings. The van der Waals surface area contributed by atoms with Crippen molar-refractivity contribution < 1.29 is 9.47 Å². The normalized spacial score (nSPS) is 11.7. The van der Waals surface area contributed by atoms with E-state index in [0.717, 1.165) is 71.3 Å². The summed E-state index contributed by atoms with van der Waals surface area (Å²) in [6.45, 7) is 10.1. The third-order valence-corrected chi connectivity index (χ3v) is 15.5. The predicted molar refractivity (Wildman–Crippen MR) is 324 cm³/mol. The number of benzene rings is 11. The number of aryl methyl sites for hydroxylation is 2. The first kappa shape index (κ1) is 46.9. The van der Waals surface area contributed by atoms with Gasteiger partial charge in [0.15, 0.2) is 0 Å². The van der Waals surface area contributed by atoms with E-state index in [9.17, 15) is 0 Å². The smallest absolute Gasteiger partial charge is 0.119 e. The van der Waals surface area contributed by atoms with Gasteiger partial charge in [-0.25, -0.2) is 0 Å². The molecule has 0 fully saturated rings. The molecular formula is C72H60N2O2. The van der Waals surface area contributed by atoms with E-state index in [1.54, 1.807) is 0 Å². The van der Waals surface area contributed by atoms with E-state index >= 15 is 0 Å². The van der Waals surface area contributed by atoms with Gasteiger partial charge in [-0.2, -0.15) is 0 Å². The van der Waals surface area contributed by atoms with Crippen molar-refractivity contribution >= 4 is 98.8 Å². The van der Waals surface area contributed by atoms with Crippen molar-refractivity contribution in [3.8, 4) is 33.8 Å². The Morgan fingerprint density at radius 2 is 0.632 bits per heavy atom. The van der Waals surface area contributed by atoms with Gasteiger partial charge in [-0.3, -0.25) is 0 Å². The molecule has 0 bridgehead atoms. The van der Waals surface area contributed by atoms with Crippen molar-refractivity contribution in [1.82, 2.24) is 0 Å². The van der Waals surface area contributed by atoms with E-state index in [4.69, 9.17) is 9.47 Å². The Morgan fingerprint density at radius 3 is 0.987 bits per heavy atom. The van der Waals surface area contributed by atoms with Gasteiger partial charge in [0.05, 0.1) is 24.6 Å². The maximum Gasteiger partial charge on any atom is 0.119 e. The van der Waals surface area contributed by atoms with Crippen molar-refractivity contribution in [2.75, 3.05) is 23.0 Å². The molecule has 0 aliphatic carbocycles. The zero-order chi connectivity index (χ0) is 51.3. The van der Waals surface area contributed by atoms with Gasteiger partial charge in [0.1, 0.15) is 11.5 Å². The van der Waals surface area contributed by atoms with Crippen LogP contribution in [0.5, 0.6) is 11.5 Å². The van der Waals surface area contributed by atoms with E-state index in [1.807, 2.05) is 0 Å². The molecule has 0 aromatic heterocycles. The van der Waals surface area contributed by atoms with Crippen molar-refractivity contribution in [3.05, 3.63) is 230 Å². The molecule has 0 unspecified atom stereocenters. The monoisotopic (exact) mass is 984 g/mol. The molecule has 13 aromatic carbocycles. The van der Waals surface area contributed by atoms with Crippen LogP contribution in [0.25, 0.3) is 86.9 Å². The van der Waals surface area contributed by atoms with Crippen LogP contribution in [0.15, 0.2) is 218 Å². The number of fused-ring (bicyclic) bond motifs is 6. The molecule has 0 radical (unpaired) electrons. The summed E-state index contributed by atoms with van der Waals surface area (Å²) in [5.41, 5.74) is 14.0. The number of anilines is 6. The first-order valence-electron chi connectivity index (χ1n) is 27.2. The second-order valence-corrected chi connectivity index (χ2v) is 20.4. The summed E-state index contributed by atoms with van der Waals surface area (Å²) < 4.78 is 12.3. The lowest BCUT2D eigenvalue weighted by molar-refractivity contribution is 0.309. The maximum atomic E-state index is 6.17. The van der Waals surface area contributed by atoms with Gasteiger partial charge < -0.3 is 19.3 Å². The van der Waals surface area contributed by atoms with Crippen molar-refractivity contribution in [3.63, 3.8) is 0 Å². The number of rotatable bonds is 16. The van der Waals surface area contributed by atoms with Gasteiger partial charge in [0.25, 0.3) is 0 Å². The van der Waals surface area contributed by atoms with Crippen molar-refractivity contribution in [2.24, 2.45) is 0 Å². The second-order valence-electron chi connectivity index (χ2n) is 20.4. The Kier molecular flexibility index (Phi) is 12.2. The average molecular weight is 985 g/mol. The van der Waals surface area contributed by atoms with Crippen LogP contribution in [0, 0.1) is 13.8 Å². The third-order valence-electron chi connectivity index (χ3n) is 15.5. The molecule has 4 heteroatoms. The Bertz CT molecular complexity index is 3840. The Labute approximate surface area is 445 Å². The fourth-order valence-corrected chi connectivity index (χ4v) is 11.9. The van der Waals surface area contributed by atoms with Crippen LogP contribution in [0.1, 0.15) is 50.7 Å². The highest BCUT2D eigenvalue weighted by Crippen LogP contribution is 2.57. The zero-order valence-electron chi connectivity index (χ0n) is 43.7. The van der Waals surface area contributed by atoms with Gasteiger partial charge in [-0.15, -0.1) is 0 Å². The summed E-state index contributed by atoms with van der Waals surface area (Å²) in [5.74, 6) is 1.78. The second kappa shape index (κ2) is 19.8. The van der Waals surface area contributed by atoms with Crippen LogP contribution < -0.4 is 19.3 Å². The van der Waals surface area contributed by atoms with Crippen molar-refractivity contribution in [2.45, 2.75) is 53.4 Å². The molecule has 0 aliphatic heterocycles. The number of hydrogen-bond donors (Lipinski definition) is 0. The maximum absolute atomic E-state index is 6.17. The molecule has 0 saturated carbocycles. The van der Waals surface area contributed by atoms with Crippen LogP contribution in [0.4, 0.5) is 34.1 Å². The highest BCUT2D eigenvalue weighted by molar-refractivity contribution is 6.47. The molecule has 0 amide bonds. The molecule has 0 N–H and O–H groups in total.